The predicted octanol–water partition coefficient (Wildman–Crippen LogP) is 4.76. The number of aromatic nitrogens is 2. The van der Waals surface area contributed by atoms with Crippen molar-refractivity contribution in [1.82, 2.24) is 18.4 Å². The van der Waals surface area contributed by atoms with Crippen LogP contribution in [0.2, 0.25) is 0 Å². The number of rotatable bonds is 6. The summed E-state index contributed by atoms with van der Waals surface area (Å²) in [4.78, 5) is 0. The Balaban J connectivity index is 1.24. The van der Waals surface area contributed by atoms with Crippen molar-refractivity contribution >= 4 is 21.1 Å². The van der Waals surface area contributed by atoms with Crippen LogP contribution in [-0.2, 0) is 20.4 Å². The largest absolute Gasteiger partial charge is 0.381 e. The standard InChI is InChI=1S/C31H35FN4O3S/c1-21-16-29-23(18-33-36(29)25-10-8-24(32)9-11-25)17-27(21)31-20-35(19-28(31)30(31)22-6-4-3-5-7-22)40(37,38)34-14-12-26(39-2)13-15-34/h3-6,8-11,16-18,22,26,28,30H,7,12-15,19-20H2,1-2H3/t22?,28-,30-,31+/m1/s1. The maximum absolute atomic E-state index is 13.8. The monoisotopic (exact) mass is 562 g/mol. The summed E-state index contributed by atoms with van der Waals surface area (Å²) < 4.78 is 51.9. The van der Waals surface area contributed by atoms with Crippen LogP contribution in [0.5, 0.6) is 0 Å². The Morgan fingerprint density at radius 1 is 1.07 bits per heavy atom. The number of halogens is 1. The van der Waals surface area contributed by atoms with Crippen LogP contribution in [0.25, 0.3) is 16.6 Å². The number of nitrogens with zero attached hydrogens (tertiary/aromatic N) is 4. The number of piperidine rings is 2. The Bertz CT molecular complexity index is 1610. The fourth-order valence-corrected chi connectivity index (χ4v) is 9.47. The molecular formula is C31H35FN4O3S. The summed E-state index contributed by atoms with van der Waals surface area (Å²) in [5.74, 6) is 0.777. The molecular weight excluding hydrogens is 527 g/mol. The summed E-state index contributed by atoms with van der Waals surface area (Å²) in [7, 11) is -1.86. The van der Waals surface area contributed by atoms with Gasteiger partial charge in [-0.15, -0.1) is 0 Å². The Morgan fingerprint density at radius 3 is 2.55 bits per heavy atom. The smallest absolute Gasteiger partial charge is 0.282 e. The van der Waals surface area contributed by atoms with Crippen LogP contribution in [0.1, 0.15) is 30.4 Å². The van der Waals surface area contributed by atoms with Crippen molar-refractivity contribution in [2.75, 3.05) is 33.3 Å². The second kappa shape index (κ2) is 9.62. The minimum absolute atomic E-state index is 0.130. The first kappa shape index (κ1) is 26.1. The number of aryl methyl sites for hydroxylation is 1. The second-order valence-electron chi connectivity index (χ2n) is 11.8. The lowest BCUT2D eigenvalue weighted by molar-refractivity contribution is 0.0591. The zero-order chi connectivity index (χ0) is 27.6. The SMILES string of the molecule is COC1CCN(S(=O)(=O)N2C[C@@H]3[C@@H](C4C=CC=CC4)[C@]3(c3cc4cnn(-c5ccc(F)cc5)c4cc3C)C2)CC1. The van der Waals surface area contributed by atoms with Gasteiger partial charge in [0, 0.05) is 44.1 Å². The Hall–Kier alpha value is -2.85. The lowest BCUT2D eigenvalue weighted by atomic mass is 9.83. The highest BCUT2D eigenvalue weighted by atomic mass is 32.2. The molecule has 1 aromatic heterocycles. The molecule has 3 heterocycles. The second-order valence-corrected chi connectivity index (χ2v) is 13.7. The van der Waals surface area contributed by atoms with Gasteiger partial charge in [-0.2, -0.15) is 22.1 Å². The Morgan fingerprint density at radius 2 is 1.85 bits per heavy atom. The van der Waals surface area contributed by atoms with Gasteiger partial charge in [-0.05, 0) is 91.5 Å². The van der Waals surface area contributed by atoms with E-state index in [9.17, 15) is 12.8 Å². The van der Waals surface area contributed by atoms with Crippen molar-refractivity contribution in [2.24, 2.45) is 17.8 Å². The van der Waals surface area contributed by atoms with Crippen molar-refractivity contribution in [3.05, 3.63) is 83.8 Å². The minimum Gasteiger partial charge on any atom is -0.381 e. The van der Waals surface area contributed by atoms with Crippen LogP contribution >= 0.6 is 0 Å². The van der Waals surface area contributed by atoms with Gasteiger partial charge >= 0.3 is 0 Å². The molecule has 1 saturated carbocycles. The first-order valence-corrected chi connectivity index (χ1v) is 15.6. The van der Waals surface area contributed by atoms with Crippen molar-refractivity contribution in [3.8, 4) is 5.69 Å². The fourth-order valence-electron chi connectivity index (χ4n) is 7.74. The van der Waals surface area contributed by atoms with E-state index in [0.29, 0.717) is 38.0 Å². The number of methoxy groups -OCH3 is 1. The number of fused-ring (bicyclic) bond motifs is 2. The van der Waals surface area contributed by atoms with Gasteiger partial charge in [0.25, 0.3) is 10.2 Å². The zero-order valence-corrected chi connectivity index (χ0v) is 23.7. The lowest BCUT2D eigenvalue weighted by Gasteiger charge is -2.35. The van der Waals surface area contributed by atoms with E-state index in [-0.39, 0.29) is 23.3 Å². The van der Waals surface area contributed by atoms with Crippen molar-refractivity contribution in [1.29, 1.82) is 0 Å². The van der Waals surface area contributed by atoms with Crippen molar-refractivity contribution in [3.63, 3.8) is 0 Å². The number of hydrogen-bond donors (Lipinski definition) is 0. The van der Waals surface area contributed by atoms with Crippen LogP contribution in [-0.4, -0.2) is 66.2 Å². The van der Waals surface area contributed by atoms with E-state index in [0.717, 1.165) is 41.4 Å². The first-order valence-electron chi connectivity index (χ1n) is 14.2. The molecule has 1 unspecified atom stereocenters. The van der Waals surface area contributed by atoms with Gasteiger partial charge in [-0.25, -0.2) is 9.07 Å². The third-order valence-electron chi connectivity index (χ3n) is 9.77. The van der Waals surface area contributed by atoms with Gasteiger partial charge in [0.1, 0.15) is 5.82 Å². The molecule has 210 valence electrons. The zero-order valence-electron chi connectivity index (χ0n) is 22.9. The van der Waals surface area contributed by atoms with E-state index in [1.807, 2.05) is 10.9 Å². The molecule has 0 radical (unpaired) electrons. The van der Waals surface area contributed by atoms with Gasteiger partial charge in [-0.3, -0.25) is 0 Å². The molecule has 7 nitrogen and oxygen atoms in total. The molecule has 2 aromatic carbocycles. The lowest BCUT2D eigenvalue weighted by Crippen LogP contribution is -2.49. The minimum atomic E-state index is -3.55. The maximum Gasteiger partial charge on any atom is 0.282 e. The molecule has 2 aliphatic carbocycles. The fraction of sp³-hybridized carbons (Fsp3) is 0.452. The first-order chi connectivity index (χ1) is 19.3. The third kappa shape index (κ3) is 4.01. The highest BCUT2D eigenvalue weighted by molar-refractivity contribution is 7.86. The van der Waals surface area contributed by atoms with Crippen LogP contribution in [0.3, 0.4) is 0 Å². The molecule has 4 atom stereocenters. The van der Waals surface area contributed by atoms with Crippen LogP contribution in [0.15, 0.2) is 66.9 Å². The van der Waals surface area contributed by atoms with Gasteiger partial charge < -0.3 is 4.74 Å². The highest BCUT2D eigenvalue weighted by Gasteiger charge is 2.72. The molecule has 7 rings (SSSR count). The van der Waals surface area contributed by atoms with Crippen LogP contribution in [0.4, 0.5) is 4.39 Å². The predicted molar refractivity (Wildman–Crippen MR) is 153 cm³/mol. The molecule has 3 fully saturated rings. The van der Waals surface area contributed by atoms with E-state index in [1.54, 1.807) is 27.9 Å². The van der Waals surface area contributed by atoms with E-state index in [1.165, 1.54) is 17.7 Å². The van der Waals surface area contributed by atoms with Crippen LogP contribution < -0.4 is 0 Å². The Kier molecular flexibility index (Phi) is 6.27. The number of allylic oxidation sites excluding steroid dienone is 4. The molecule has 2 aliphatic heterocycles. The molecule has 9 heteroatoms. The summed E-state index contributed by atoms with van der Waals surface area (Å²) in [6, 6.07) is 10.7. The topological polar surface area (TPSA) is 67.7 Å². The van der Waals surface area contributed by atoms with Gasteiger partial charge in [0.05, 0.1) is 23.5 Å². The average molecular weight is 563 g/mol. The van der Waals surface area contributed by atoms with Crippen molar-refractivity contribution in [2.45, 2.75) is 37.7 Å². The van der Waals surface area contributed by atoms with Gasteiger partial charge in [0.2, 0.25) is 0 Å². The van der Waals surface area contributed by atoms with E-state index in [4.69, 9.17) is 4.74 Å². The molecule has 40 heavy (non-hydrogen) atoms. The molecule has 3 aromatic rings. The normalized spacial score (nSPS) is 29.3. The third-order valence-corrected chi connectivity index (χ3v) is 11.7. The van der Waals surface area contributed by atoms with Crippen LogP contribution in [0, 0.1) is 30.5 Å². The number of benzene rings is 2. The highest BCUT2D eigenvalue weighted by Crippen LogP contribution is 2.69. The van der Waals surface area contributed by atoms with Gasteiger partial charge in [0.15, 0.2) is 0 Å². The van der Waals surface area contributed by atoms with Crippen molar-refractivity contribution < 1.29 is 17.5 Å². The maximum atomic E-state index is 13.8. The average Bonchev–Trinajstić information content (AvgIpc) is 3.23. The molecule has 2 saturated heterocycles. The summed E-state index contributed by atoms with van der Waals surface area (Å²) in [5.41, 5.74) is 3.90. The molecule has 0 bridgehead atoms. The molecule has 0 amide bonds. The Labute approximate surface area is 235 Å². The molecule has 4 aliphatic rings. The molecule has 0 N–H and O–H groups in total. The van der Waals surface area contributed by atoms with E-state index < -0.39 is 10.2 Å². The quantitative estimate of drug-likeness (QED) is 0.435. The summed E-state index contributed by atoms with van der Waals surface area (Å²) >= 11 is 0. The summed E-state index contributed by atoms with van der Waals surface area (Å²) in [6.45, 7) is 4.19. The van der Waals surface area contributed by atoms with E-state index >= 15 is 0 Å². The summed E-state index contributed by atoms with van der Waals surface area (Å²) in [5, 5.41) is 5.63. The molecule has 0 spiro atoms. The number of ether oxygens (including phenoxy) is 1. The van der Waals surface area contributed by atoms with E-state index in [2.05, 4.69) is 48.5 Å². The summed E-state index contributed by atoms with van der Waals surface area (Å²) in [6.07, 6.45) is 13.2. The van der Waals surface area contributed by atoms with Gasteiger partial charge in [-0.1, -0.05) is 24.3 Å². The number of hydrogen-bond acceptors (Lipinski definition) is 4.